The Morgan fingerprint density at radius 3 is 2.53 bits per heavy atom. The van der Waals surface area contributed by atoms with Crippen LogP contribution in [0.2, 0.25) is 0 Å². The maximum Gasteiger partial charge on any atom is 0.129 e. The second kappa shape index (κ2) is 5.21. The van der Waals surface area contributed by atoms with Crippen molar-refractivity contribution < 1.29 is 13.9 Å². The van der Waals surface area contributed by atoms with Gasteiger partial charge in [0, 0.05) is 6.07 Å². The van der Waals surface area contributed by atoms with E-state index in [9.17, 15) is 13.9 Å². The molecule has 1 aromatic carbocycles. The monoisotopic (exact) mass is 214 g/mol. The molecule has 1 N–H and O–H groups in total. The van der Waals surface area contributed by atoms with E-state index < -0.39 is 17.7 Å². The lowest BCUT2D eigenvalue weighted by Crippen LogP contribution is -2.19. The Morgan fingerprint density at radius 2 is 2.00 bits per heavy atom. The van der Waals surface area contributed by atoms with Crippen molar-refractivity contribution in [3.05, 3.63) is 35.4 Å². The van der Waals surface area contributed by atoms with Crippen molar-refractivity contribution in [3.8, 4) is 0 Å². The van der Waals surface area contributed by atoms with Gasteiger partial charge in [-0.25, -0.2) is 8.78 Å². The third-order valence-electron chi connectivity index (χ3n) is 2.63. The smallest absolute Gasteiger partial charge is 0.129 e. The third-order valence-corrected chi connectivity index (χ3v) is 2.63. The summed E-state index contributed by atoms with van der Waals surface area (Å²) < 4.78 is 25.9. The maximum atomic E-state index is 13.3. The average Bonchev–Trinajstić information content (AvgIpc) is 2.20. The van der Waals surface area contributed by atoms with Crippen molar-refractivity contribution in [3.63, 3.8) is 0 Å². The molecule has 0 saturated heterocycles. The largest absolute Gasteiger partial charge is 0.393 e. The van der Waals surface area contributed by atoms with Crippen molar-refractivity contribution in [1.82, 2.24) is 0 Å². The fraction of sp³-hybridized carbons (Fsp3) is 0.500. The topological polar surface area (TPSA) is 20.2 Å². The molecule has 2 atom stereocenters. The minimum absolute atomic E-state index is 0.0186. The zero-order valence-electron chi connectivity index (χ0n) is 9.00. The highest BCUT2D eigenvalue weighted by molar-refractivity contribution is 5.19. The van der Waals surface area contributed by atoms with Gasteiger partial charge in [-0.1, -0.05) is 19.9 Å². The summed E-state index contributed by atoms with van der Waals surface area (Å²) in [5.74, 6) is -1.12. The summed E-state index contributed by atoms with van der Waals surface area (Å²) in [6.07, 6.45) is 0.639. The molecule has 0 spiro atoms. The number of hydrogen-bond acceptors (Lipinski definition) is 1. The molecule has 1 nitrogen and oxygen atoms in total. The van der Waals surface area contributed by atoms with Crippen LogP contribution in [0.25, 0.3) is 0 Å². The Bertz CT molecular complexity index is 325. The fourth-order valence-corrected chi connectivity index (χ4v) is 1.57. The van der Waals surface area contributed by atoms with Gasteiger partial charge in [-0.2, -0.15) is 0 Å². The Kier molecular flexibility index (Phi) is 4.21. The van der Waals surface area contributed by atoms with Crippen molar-refractivity contribution in [1.29, 1.82) is 0 Å². The zero-order valence-corrected chi connectivity index (χ0v) is 9.00. The van der Waals surface area contributed by atoms with Crippen molar-refractivity contribution in [2.45, 2.75) is 32.8 Å². The third kappa shape index (κ3) is 3.27. The molecular formula is C12H16F2O. The second-order valence-corrected chi connectivity index (χ2v) is 3.89. The number of hydrogen-bond donors (Lipinski definition) is 1. The molecule has 84 valence electrons. The first-order chi connectivity index (χ1) is 7.04. The van der Waals surface area contributed by atoms with E-state index in [1.165, 1.54) is 12.1 Å². The molecule has 0 saturated carbocycles. The summed E-state index contributed by atoms with van der Waals surface area (Å²) in [4.78, 5) is 0. The molecule has 1 rings (SSSR count). The Morgan fingerprint density at radius 1 is 1.33 bits per heavy atom. The highest BCUT2D eigenvalue weighted by Gasteiger charge is 2.14. The van der Waals surface area contributed by atoms with E-state index in [1.807, 2.05) is 13.8 Å². The summed E-state index contributed by atoms with van der Waals surface area (Å²) in [7, 11) is 0. The first kappa shape index (κ1) is 12.1. The van der Waals surface area contributed by atoms with Gasteiger partial charge in [-0.05, 0) is 30.4 Å². The SMILES string of the molecule is CCC(O)C(C)Cc1ccc(F)cc1F. The summed E-state index contributed by atoms with van der Waals surface area (Å²) >= 11 is 0. The second-order valence-electron chi connectivity index (χ2n) is 3.89. The molecule has 0 aliphatic carbocycles. The van der Waals surface area contributed by atoms with E-state index in [1.54, 1.807) is 0 Å². The molecular weight excluding hydrogens is 198 g/mol. The van der Waals surface area contributed by atoms with Gasteiger partial charge in [0.25, 0.3) is 0 Å². The molecule has 0 bridgehead atoms. The molecule has 15 heavy (non-hydrogen) atoms. The van der Waals surface area contributed by atoms with Gasteiger partial charge in [0.15, 0.2) is 0 Å². The van der Waals surface area contributed by atoms with Gasteiger partial charge in [-0.15, -0.1) is 0 Å². The molecule has 3 heteroatoms. The Hall–Kier alpha value is -0.960. The normalized spacial score (nSPS) is 15.0. The first-order valence-corrected chi connectivity index (χ1v) is 5.16. The van der Waals surface area contributed by atoms with Crippen LogP contribution in [0.3, 0.4) is 0 Å². The predicted molar refractivity (Wildman–Crippen MR) is 55.5 cm³/mol. The summed E-state index contributed by atoms with van der Waals surface area (Å²) in [6.45, 7) is 3.74. The van der Waals surface area contributed by atoms with Gasteiger partial charge in [0.1, 0.15) is 11.6 Å². The van der Waals surface area contributed by atoms with E-state index in [-0.39, 0.29) is 5.92 Å². The number of aliphatic hydroxyl groups is 1. The minimum Gasteiger partial charge on any atom is -0.393 e. The predicted octanol–water partition coefficient (Wildman–Crippen LogP) is 2.91. The van der Waals surface area contributed by atoms with Gasteiger partial charge in [0.2, 0.25) is 0 Å². The molecule has 1 aromatic rings. The highest BCUT2D eigenvalue weighted by Crippen LogP contribution is 2.17. The van der Waals surface area contributed by atoms with E-state index >= 15 is 0 Å². The van der Waals surface area contributed by atoms with Crippen LogP contribution in [0.15, 0.2) is 18.2 Å². The maximum absolute atomic E-state index is 13.3. The van der Waals surface area contributed by atoms with Crippen LogP contribution in [0.4, 0.5) is 8.78 Å². The molecule has 0 aliphatic heterocycles. The molecule has 0 heterocycles. The fourth-order valence-electron chi connectivity index (χ4n) is 1.57. The van der Waals surface area contributed by atoms with Crippen molar-refractivity contribution in [2.75, 3.05) is 0 Å². The molecule has 0 fully saturated rings. The zero-order chi connectivity index (χ0) is 11.4. The number of aliphatic hydroxyl groups excluding tert-OH is 1. The van der Waals surface area contributed by atoms with Crippen LogP contribution < -0.4 is 0 Å². The summed E-state index contributed by atoms with van der Waals surface area (Å²) in [5.41, 5.74) is 0.455. The molecule has 2 unspecified atom stereocenters. The lowest BCUT2D eigenvalue weighted by Gasteiger charge is -2.17. The minimum atomic E-state index is -0.569. The number of benzene rings is 1. The van der Waals surface area contributed by atoms with E-state index in [2.05, 4.69) is 0 Å². The van der Waals surface area contributed by atoms with Crippen LogP contribution in [0.1, 0.15) is 25.8 Å². The molecule has 0 aromatic heterocycles. The van der Waals surface area contributed by atoms with Crippen LogP contribution in [0.5, 0.6) is 0 Å². The highest BCUT2D eigenvalue weighted by atomic mass is 19.1. The Labute approximate surface area is 88.7 Å². The van der Waals surface area contributed by atoms with Gasteiger partial charge >= 0.3 is 0 Å². The van der Waals surface area contributed by atoms with Crippen molar-refractivity contribution >= 4 is 0 Å². The number of halogens is 2. The van der Waals surface area contributed by atoms with Gasteiger partial charge in [-0.3, -0.25) is 0 Å². The molecule has 0 aliphatic rings. The van der Waals surface area contributed by atoms with Gasteiger partial charge in [0.05, 0.1) is 6.10 Å². The van der Waals surface area contributed by atoms with E-state index in [0.717, 1.165) is 6.07 Å². The summed E-state index contributed by atoms with van der Waals surface area (Å²) in [6, 6.07) is 3.55. The average molecular weight is 214 g/mol. The first-order valence-electron chi connectivity index (χ1n) is 5.16. The van der Waals surface area contributed by atoms with Crippen LogP contribution in [-0.4, -0.2) is 11.2 Å². The molecule has 0 amide bonds. The van der Waals surface area contributed by atoms with E-state index in [4.69, 9.17) is 0 Å². The number of rotatable bonds is 4. The quantitative estimate of drug-likeness (QED) is 0.817. The van der Waals surface area contributed by atoms with Crippen LogP contribution >= 0.6 is 0 Å². The lowest BCUT2D eigenvalue weighted by molar-refractivity contribution is 0.112. The van der Waals surface area contributed by atoms with Crippen molar-refractivity contribution in [2.24, 2.45) is 5.92 Å². The lowest BCUT2D eigenvalue weighted by atomic mass is 9.94. The van der Waals surface area contributed by atoms with E-state index in [0.29, 0.717) is 18.4 Å². The molecule has 0 radical (unpaired) electrons. The van der Waals surface area contributed by atoms with Crippen LogP contribution in [0, 0.1) is 17.6 Å². The standard InChI is InChI=1S/C12H16F2O/c1-3-12(15)8(2)6-9-4-5-10(13)7-11(9)14/h4-5,7-8,12,15H,3,6H2,1-2H3. The van der Waals surface area contributed by atoms with Gasteiger partial charge < -0.3 is 5.11 Å². The summed E-state index contributed by atoms with van der Waals surface area (Å²) in [5, 5.41) is 9.54. The Balaban J connectivity index is 2.72. The van der Waals surface area contributed by atoms with Crippen LogP contribution in [-0.2, 0) is 6.42 Å².